The topological polar surface area (TPSA) is 41.9 Å². The maximum Gasteiger partial charge on any atom is 0.144 e. The molecule has 0 aliphatic rings. The minimum atomic E-state index is 0.497. The normalized spacial score (nSPS) is 11.1. The average molecular weight is 291 g/mol. The Balaban J connectivity index is 2.09. The third kappa shape index (κ3) is 4.25. The molecule has 0 saturated heterocycles. The molecule has 0 aromatic carbocycles. The fourth-order valence-corrected chi connectivity index (χ4v) is 2.31. The van der Waals surface area contributed by atoms with Gasteiger partial charge in [0.1, 0.15) is 11.0 Å². The smallest absolute Gasteiger partial charge is 0.144 e. The van der Waals surface area contributed by atoms with Gasteiger partial charge < -0.3 is 0 Å². The zero-order valence-electron chi connectivity index (χ0n) is 12.1. The average Bonchev–Trinajstić information content (AvgIpc) is 2.36. The Morgan fingerprint density at radius 1 is 1.05 bits per heavy atom. The van der Waals surface area contributed by atoms with E-state index in [1.54, 1.807) is 6.07 Å². The van der Waals surface area contributed by atoms with Crippen LogP contribution >= 0.6 is 11.6 Å². The van der Waals surface area contributed by atoms with Gasteiger partial charge in [0.15, 0.2) is 0 Å². The molecule has 0 atom stereocenters. The summed E-state index contributed by atoms with van der Waals surface area (Å²) in [6.07, 6.45) is 0. The Bertz CT molecular complexity index is 566. The van der Waals surface area contributed by atoms with Crippen LogP contribution in [0.3, 0.4) is 0 Å². The van der Waals surface area contributed by atoms with Gasteiger partial charge in [-0.3, -0.25) is 9.88 Å². The van der Waals surface area contributed by atoms with E-state index < -0.39 is 0 Å². The zero-order chi connectivity index (χ0) is 14.5. The minimum absolute atomic E-state index is 0.497. The molecule has 4 nitrogen and oxygen atoms in total. The molecule has 2 heterocycles. The number of nitrogens with zero attached hydrogens (tertiary/aromatic N) is 4. The maximum absolute atomic E-state index is 5.98. The summed E-state index contributed by atoms with van der Waals surface area (Å²) in [6.45, 7) is 8.41. The molecule has 0 saturated carbocycles. The van der Waals surface area contributed by atoms with Gasteiger partial charge in [0.2, 0.25) is 0 Å². The Morgan fingerprint density at radius 3 is 2.50 bits per heavy atom. The number of hydrogen-bond acceptors (Lipinski definition) is 4. The summed E-state index contributed by atoms with van der Waals surface area (Å²) in [5, 5.41) is 0.497. The highest BCUT2D eigenvalue weighted by molar-refractivity contribution is 6.29. The lowest BCUT2D eigenvalue weighted by Gasteiger charge is -2.19. The lowest BCUT2D eigenvalue weighted by atomic mass is 10.3. The van der Waals surface area contributed by atoms with E-state index in [-0.39, 0.29) is 0 Å². The zero-order valence-corrected chi connectivity index (χ0v) is 12.9. The molecule has 2 rings (SSSR count). The van der Waals surface area contributed by atoms with Crippen molar-refractivity contribution in [3.8, 4) is 0 Å². The molecule has 0 amide bonds. The van der Waals surface area contributed by atoms with Gasteiger partial charge in [0.25, 0.3) is 0 Å². The Hall–Kier alpha value is -1.52. The maximum atomic E-state index is 5.98. The minimum Gasteiger partial charge on any atom is -0.290 e. The van der Waals surface area contributed by atoms with Crippen molar-refractivity contribution < 1.29 is 0 Å². The first-order chi connectivity index (χ1) is 9.56. The van der Waals surface area contributed by atoms with Gasteiger partial charge in [-0.25, -0.2) is 9.97 Å². The molecular formula is C15H19ClN4. The van der Waals surface area contributed by atoms with Crippen molar-refractivity contribution in [3.63, 3.8) is 0 Å². The molecule has 106 valence electrons. The number of aromatic nitrogens is 3. The van der Waals surface area contributed by atoms with Crippen LogP contribution in [-0.2, 0) is 13.1 Å². The summed E-state index contributed by atoms with van der Waals surface area (Å²) >= 11 is 5.98. The molecule has 0 unspecified atom stereocenters. The van der Waals surface area contributed by atoms with E-state index in [9.17, 15) is 0 Å². The molecule has 5 heteroatoms. The quantitative estimate of drug-likeness (QED) is 0.793. The van der Waals surface area contributed by atoms with Crippen LogP contribution in [0.4, 0.5) is 0 Å². The molecule has 2 aromatic rings. The van der Waals surface area contributed by atoms with Crippen LogP contribution in [0.15, 0.2) is 24.3 Å². The second kappa shape index (κ2) is 6.77. The van der Waals surface area contributed by atoms with Crippen LogP contribution in [-0.4, -0.2) is 26.4 Å². The lowest BCUT2D eigenvalue weighted by Crippen LogP contribution is -2.24. The van der Waals surface area contributed by atoms with Crippen molar-refractivity contribution in [2.75, 3.05) is 6.54 Å². The van der Waals surface area contributed by atoms with Crippen molar-refractivity contribution in [3.05, 3.63) is 52.3 Å². The fourth-order valence-electron chi connectivity index (χ4n) is 2.06. The van der Waals surface area contributed by atoms with Crippen LogP contribution in [0, 0.1) is 13.8 Å². The second-order valence-electron chi connectivity index (χ2n) is 4.82. The fraction of sp³-hybridized carbons (Fsp3) is 0.400. The molecule has 0 aliphatic heterocycles. The van der Waals surface area contributed by atoms with E-state index in [0.29, 0.717) is 11.7 Å². The number of pyridine rings is 1. The molecule has 2 aromatic heterocycles. The first-order valence-corrected chi connectivity index (χ1v) is 7.09. The SMILES string of the molecule is CCN(Cc1cccc(C)n1)Cc1nc(C)cc(Cl)n1. The van der Waals surface area contributed by atoms with E-state index in [4.69, 9.17) is 11.6 Å². The van der Waals surface area contributed by atoms with Crippen LogP contribution < -0.4 is 0 Å². The monoisotopic (exact) mass is 290 g/mol. The van der Waals surface area contributed by atoms with Gasteiger partial charge in [-0.15, -0.1) is 0 Å². The molecule has 0 spiro atoms. The van der Waals surface area contributed by atoms with Gasteiger partial charge in [-0.05, 0) is 38.6 Å². The van der Waals surface area contributed by atoms with Crippen LogP contribution in [0.5, 0.6) is 0 Å². The summed E-state index contributed by atoms with van der Waals surface area (Å²) in [5.74, 6) is 0.754. The van der Waals surface area contributed by atoms with Crippen LogP contribution in [0.1, 0.15) is 29.8 Å². The predicted octanol–water partition coefficient (Wildman–Crippen LogP) is 3.16. The number of halogens is 1. The molecule has 0 aliphatic carbocycles. The van der Waals surface area contributed by atoms with E-state index in [1.165, 1.54) is 0 Å². The molecule has 0 radical (unpaired) electrons. The van der Waals surface area contributed by atoms with Crippen molar-refractivity contribution in [2.24, 2.45) is 0 Å². The van der Waals surface area contributed by atoms with E-state index in [0.717, 1.165) is 36.0 Å². The van der Waals surface area contributed by atoms with Crippen molar-refractivity contribution in [1.29, 1.82) is 0 Å². The van der Waals surface area contributed by atoms with Gasteiger partial charge in [-0.2, -0.15) is 0 Å². The number of aryl methyl sites for hydroxylation is 2. The highest BCUT2D eigenvalue weighted by Crippen LogP contribution is 2.10. The third-order valence-corrected chi connectivity index (χ3v) is 3.21. The van der Waals surface area contributed by atoms with Crippen molar-refractivity contribution in [1.82, 2.24) is 19.9 Å². The van der Waals surface area contributed by atoms with E-state index in [1.807, 2.05) is 32.0 Å². The van der Waals surface area contributed by atoms with Crippen LogP contribution in [0.25, 0.3) is 0 Å². The van der Waals surface area contributed by atoms with Crippen molar-refractivity contribution >= 4 is 11.6 Å². The Morgan fingerprint density at radius 2 is 1.85 bits per heavy atom. The molecule has 0 bridgehead atoms. The molecule has 20 heavy (non-hydrogen) atoms. The van der Waals surface area contributed by atoms with Gasteiger partial charge in [0.05, 0.1) is 12.2 Å². The van der Waals surface area contributed by atoms with Gasteiger partial charge in [-0.1, -0.05) is 24.6 Å². The first kappa shape index (κ1) is 14.9. The van der Waals surface area contributed by atoms with Gasteiger partial charge >= 0.3 is 0 Å². The standard InChI is InChI=1S/C15H19ClN4/c1-4-20(9-13-7-5-6-11(2)17-13)10-15-18-12(3)8-14(16)19-15/h5-8H,4,9-10H2,1-3H3. The number of rotatable bonds is 5. The predicted molar refractivity (Wildman–Crippen MR) is 80.5 cm³/mol. The summed E-state index contributed by atoms with van der Waals surface area (Å²) in [4.78, 5) is 15.5. The summed E-state index contributed by atoms with van der Waals surface area (Å²) < 4.78 is 0. The third-order valence-electron chi connectivity index (χ3n) is 3.01. The second-order valence-corrected chi connectivity index (χ2v) is 5.21. The molecule has 0 fully saturated rings. The highest BCUT2D eigenvalue weighted by atomic mass is 35.5. The van der Waals surface area contributed by atoms with E-state index in [2.05, 4.69) is 26.8 Å². The highest BCUT2D eigenvalue weighted by Gasteiger charge is 2.09. The van der Waals surface area contributed by atoms with Crippen molar-refractivity contribution in [2.45, 2.75) is 33.9 Å². The molecule has 0 N–H and O–H groups in total. The lowest BCUT2D eigenvalue weighted by molar-refractivity contribution is 0.261. The first-order valence-electron chi connectivity index (χ1n) is 6.71. The Labute approximate surface area is 124 Å². The van der Waals surface area contributed by atoms with E-state index >= 15 is 0 Å². The molecular weight excluding hydrogens is 272 g/mol. The Kier molecular flexibility index (Phi) is 5.04. The van der Waals surface area contributed by atoms with Gasteiger partial charge in [0, 0.05) is 17.9 Å². The largest absolute Gasteiger partial charge is 0.290 e. The summed E-state index contributed by atoms with van der Waals surface area (Å²) in [6, 6.07) is 7.85. The number of hydrogen-bond donors (Lipinski definition) is 0. The summed E-state index contributed by atoms with van der Waals surface area (Å²) in [7, 11) is 0. The summed E-state index contributed by atoms with van der Waals surface area (Å²) in [5.41, 5.74) is 2.99. The van der Waals surface area contributed by atoms with Crippen LogP contribution in [0.2, 0.25) is 5.15 Å².